The second-order valence-electron chi connectivity index (χ2n) is 18.8. The molecule has 0 saturated heterocycles. The zero-order chi connectivity index (χ0) is 58.5. The molecule has 2 aliphatic rings. The van der Waals surface area contributed by atoms with Crippen molar-refractivity contribution < 1.29 is 36.4 Å². The molecule has 4 heterocycles. The van der Waals surface area contributed by atoms with Crippen LogP contribution in [0.5, 0.6) is 11.6 Å². The van der Waals surface area contributed by atoms with Crippen molar-refractivity contribution in [3.05, 3.63) is 270 Å². The van der Waals surface area contributed by atoms with Gasteiger partial charge in [-0.1, -0.05) is 54.0 Å². The number of rotatable bonds is 9. The molecule has 8 heteroatoms. The van der Waals surface area contributed by atoms with Crippen LogP contribution >= 0.6 is 0 Å². The molecule has 76 heavy (non-hydrogen) atoms. The topological polar surface area (TPSA) is 38.5 Å². The van der Waals surface area contributed by atoms with Gasteiger partial charge in [0.25, 0.3) is 0 Å². The molecule has 0 amide bonds. The monoisotopic (exact) mass is 1170 g/mol. The molecule has 6 nitrogen and oxygen atoms in total. The van der Waals surface area contributed by atoms with Crippen molar-refractivity contribution in [2.75, 3.05) is 9.62 Å². The number of fused-ring (bicyclic) bond motifs is 9. The molecule has 0 fully saturated rings. The minimum absolute atomic E-state index is 0.265. The summed E-state index contributed by atoms with van der Waals surface area (Å²) in [6.45, 7) is -5.91. The van der Waals surface area contributed by atoms with E-state index in [2.05, 4.69) is 94.0 Å². The van der Waals surface area contributed by atoms with E-state index < -0.39 is 32.3 Å². The molecule has 14 rings (SSSR count). The third-order valence-corrected chi connectivity index (χ3v) is 15.4. The molecule has 2 aromatic heterocycles. The number of pyridine rings is 1. The van der Waals surface area contributed by atoms with E-state index in [9.17, 15) is 2.74 Å². The van der Waals surface area contributed by atoms with Crippen LogP contribution in [-0.4, -0.2) is 21.1 Å². The Morgan fingerprint density at radius 2 is 1.03 bits per heavy atom. The summed E-state index contributed by atoms with van der Waals surface area (Å²) >= 11 is 2.40. The molecule has 0 aliphatic carbocycles. The fourth-order valence-electron chi connectivity index (χ4n) is 11.0. The third kappa shape index (κ3) is 7.69. The van der Waals surface area contributed by atoms with Crippen LogP contribution in [0.2, 0.25) is 0 Å². The predicted molar refractivity (Wildman–Crippen MR) is 309 cm³/mol. The molecule has 0 spiro atoms. The van der Waals surface area contributed by atoms with E-state index in [4.69, 9.17) is 19.3 Å². The molecular weight excluding hydrogens is 1110 g/mol. The second-order valence-corrected chi connectivity index (χ2v) is 19.8. The molecule has 0 N–H and O–H groups in total. The molecule has 0 saturated carbocycles. The van der Waals surface area contributed by atoms with E-state index in [1.54, 1.807) is 12.1 Å². The third-order valence-electron chi connectivity index (χ3n) is 14.4. The van der Waals surface area contributed by atoms with E-state index >= 15 is 0 Å². The first kappa shape index (κ1) is 36.8. The Morgan fingerprint density at radius 3 is 1.75 bits per heavy atom. The maximum absolute atomic E-state index is 9.61. The van der Waals surface area contributed by atoms with Crippen molar-refractivity contribution in [3.8, 4) is 78.6 Å². The van der Waals surface area contributed by atoms with E-state index in [1.807, 2.05) is 169 Å². The maximum atomic E-state index is 9.61. The Labute approximate surface area is 466 Å². The molecular formula is C68H48BN5OPt. The Balaban J connectivity index is 0.917. The average molecular weight is 1170 g/mol. The standard InChI is InChI=1S/C68H48BN5O.Pt/c1-46-31-34-51(35-32-46)55-24-16-25-56(52-38-36-49(37-39-52)48-17-5-3-6-18-48)67(55)72-45-71(62-27-11-12-28-63(62)72)53-21-15-22-54(44-53)75-68-57(50-19-7-4-8-20-50)40-42-66(70-68)74-65-30-14-13-29-64(65)73-61-26-10-9-23-58(61)59-43-47(2)33-41-60(59)69(73)74;/h3-44H,1-2H3;/i1D3,2D3,33D,41D,43D;. The minimum Gasteiger partial charge on any atom is -0.0615 e. The number of aryl methyl sites for hydroxylation is 1. The first-order valence-electron chi connectivity index (χ1n) is 29.5. The number of imidazole rings is 1. The van der Waals surface area contributed by atoms with Crippen molar-refractivity contribution >= 4 is 46.4 Å². The molecule has 10 aromatic carbocycles. The van der Waals surface area contributed by atoms with Gasteiger partial charge >= 0.3 is 370 Å². The summed E-state index contributed by atoms with van der Waals surface area (Å²) in [4.78, 5) is 9.48. The van der Waals surface area contributed by atoms with Crippen LogP contribution in [0.15, 0.2) is 255 Å². The number of hydrogen-bond acceptors (Lipinski definition) is 4. The van der Waals surface area contributed by atoms with Gasteiger partial charge in [0.15, 0.2) is 0 Å². The van der Waals surface area contributed by atoms with Crippen LogP contribution in [0.25, 0.3) is 78.0 Å². The number of benzene rings is 10. The van der Waals surface area contributed by atoms with Crippen LogP contribution in [0, 0.1) is 17.5 Å². The van der Waals surface area contributed by atoms with Gasteiger partial charge in [0.2, 0.25) is 0 Å². The molecule has 0 unspecified atom stereocenters. The van der Waals surface area contributed by atoms with E-state index in [0.717, 1.165) is 82.2 Å². The normalized spacial score (nSPS) is 14.4. The van der Waals surface area contributed by atoms with Crippen molar-refractivity contribution in [1.82, 2.24) is 14.1 Å². The molecule has 0 radical (unpaired) electrons. The van der Waals surface area contributed by atoms with Crippen LogP contribution < -0.4 is 19.8 Å². The molecule has 0 atom stereocenters. The second kappa shape index (κ2) is 18.7. The Bertz CT molecular complexity index is 4690. The van der Waals surface area contributed by atoms with Gasteiger partial charge in [-0.15, -0.1) is 0 Å². The number of ether oxygens (including phenoxy) is 1. The first-order chi connectivity index (χ1) is 41.1. The number of nitrogens with zero attached hydrogens (tertiary/aromatic N) is 5. The first-order valence-corrected chi connectivity index (χ1v) is 26.1. The average Bonchev–Trinajstić information content (AvgIpc) is 2.13. The summed E-state index contributed by atoms with van der Waals surface area (Å²) in [6.07, 6.45) is 0. The summed E-state index contributed by atoms with van der Waals surface area (Å²) in [5.41, 5.74) is 14.4. The van der Waals surface area contributed by atoms with Crippen LogP contribution in [0.4, 0.5) is 22.9 Å². The summed E-state index contributed by atoms with van der Waals surface area (Å²) in [5, 5.41) is 0. The Hall–Kier alpha value is -9.03. The molecule has 364 valence electrons. The zero-order valence-electron chi connectivity index (χ0n) is 49.6. The number of hydrogen-bond donors (Lipinski definition) is 0. The van der Waals surface area contributed by atoms with Gasteiger partial charge in [0.05, 0.1) is 4.11 Å². The van der Waals surface area contributed by atoms with Crippen LogP contribution in [-0.2, 0) is 19.4 Å². The van der Waals surface area contributed by atoms with Crippen molar-refractivity contribution in [2.45, 2.75) is 13.7 Å². The number of para-hydroxylation sites is 6. The molecule has 2 aliphatic heterocycles. The minimum atomic E-state index is -2.81. The van der Waals surface area contributed by atoms with E-state index in [0.29, 0.717) is 39.6 Å². The SMILES string of the molecule is [2H]c1c([2H])c(C([2H])([2H])[2H])c([2H])c2c1B1N(c3ccc(-c4ccccc4)c(Oc4cccc(-n5[c](=[Pt])n(-c6c(-c7ccc(-c8ccccc8)cc7)cccc6-c6ccc(C([2H])([2H])[2H])cc6)c6ccccc65)c4)n3)c3ccccc3N1c1ccccc1-2. The van der Waals surface area contributed by atoms with Crippen LogP contribution in [0.1, 0.15) is 23.5 Å². The van der Waals surface area contributed by atoms with Crippen LogP contribution in [0.3, 0.4) is 0 Å². The van der Waals surface area contributed by atoms with Gasteiger partial charge in [-0.25, -0.2) is 0 Å². The Morgan fingerprint density at radius 1 is 0.461 bits per heavy atom. The zero-order valence-corrected chi connectivity index (χ0v) is 42.8. The van der Waals surface area contributed by atoms with Crippen molar-refractivity contribution in [1.29, 1.82) is 0 Å². The van der Waals surface area contributed by atoms with Gasteiger partial charge in [-0.3, -0.25) is 0 Å². The molecule has 0 bridgehead atoms. The smallest absolute Gasteiger partial charge is 0.0615 e. The van der Waals surface area contributed by atoms with E-state index in [-0.39, 0.29) is 17.6 Å². The van der Waals surface area contributed by atoms with Crippen molar-refractivity contribution in [2.24, 2.45) is 0 Å². The van der Waals surface area contributed by atoms with Gasteiger partial charge in [-0.2, -0.15) is 0 Å². The number of aromatic nitrogens is 3. The van der Waals surface area contributed by atoms with Gasteiger partial charge in [-0.05, 0) is 24.5 Å². The van der Waals surface area contributed by atoms with Gasteiger partial charge in [0, 0.05) is 15.4 Å². The van der Waals surface area contributed by atoms with E-state index in [1.165, 1.54) is 0 Å². The Kier molecular flexibility index (Phi) is 9.07. The fourth-order valence-corrected chi connectivity index (χ4v) is 12.1. The number of anilines is 4. The van der Waals surface area contributed by atoms with Gasteiger partial charge in [0.1, 0.15) is 0 Å². The quantitative estimate of drug-likeness (QED) is 0.135. The summed E-state index contributed by atoms with van der Waals surface area (Å²) in [6, 6.07) is 76.5. The van der Waals surface area contributed by atoms with Crippen molar-refractivity contribution in [3.63, 3.8) is 0 Å². The fraction of sp³-hybridized carbons (Fsp3) is 0.0294. The molecule has 12 aromatic rings. The summed E-state index contributed by atoms with van der Waals surface area (Å²) in [5.74, 6) is 1.25. The predicted octanol–water partition coefficient (Wildman–Crippen LogP) is 16.6. The summed E-state index contributed by atoms with van der Waals surface area (Å²) < 4.78 is 90.3. The summed E-state index contributed by atoms with van der Waals surface area (Å²) in [7, 11) is 0. The van der Waals surface area contributed by atoms with Gasteiger partial charge < -0.3 is 0 Å².